The van der Waals surface area contributed by atoms with Crippen LogP contribution in [0.25, 0.3) is 0 Å². The van der Waals surface area contributed by atoms with Crippen LogP contribution in [-0.2, 0) is 19.1 Å². The maximum absolute atomic E-state index is 12.4. The van der Waals surface area contributed by atoms with Gasteiger partial charge < -0.3 is 14.4 Å². The second-order valence-electron chi connectivity index (χ2n) is 4.89. The summed E-state index contributed by atoms with van der Waals surface area (Å²) in [4.78, 5) is 25.5. The van der Waals surface area contributed by atoms with Gasteiger partial charge in [-0.25, -0.2) is 0 Å². The number of methoxy groups -OCH3 is 1. The zero-order chi connectivity index (χ0) is 14.1. The Morgan fingerprint density at radius 2 is 1.89 bits per heavy atom. The number of hydrogen-bond donors (Lipinski definition) is 0. The summed E-state index contributed by atoms with van der Waals surface area (Å²) in [5, 5.41) is 0. The van der Waals surface area contributed by atoms with Crippen molar-refractivity contribution in [2.24, 2.45) is 5.92 Å². The Bertz CT molecular complexity index is 287. The highest BCUT2D eigenvalue weighted by atomic mass is 16.5. The third-order valence-electron chi connectivity index (χ3n) is 3.46. The Kier molecular flexibility index (Phi) is 7.48. The van der Waals surface area contributed by atoms with Crippen LogP contribution < -0.4 is 0 Å². The quantitative estimate of drug-likeness (QED) is 0.660. The summed E-state index contributed by atoms with van der Waals surface area (Å²) >= 11 is 0. The highest BCUT2D eigenvalue weighted by Gasteiger charge is 2.27. The molecule has 1 aliphatic rings. The summed E-state index contributed by atoms with van der Waals surface area (Å²) < 4.78 is 9.92. The molecule has 1 amide bonds. The number of carbonyl (C=O) groups is 2. The zero-order valence-electron chi connectivity index (χ0n) is 12.0. The fraction of sp³-hybridized carbons (Fsp3) is 0.857. The van der Waals surface area contributed by atoms with Crippen LogP contribution in [0.1, 0.15) is 39.0 Å². The number of carbonyl (C=O) groups excluding carboxylic acids is 2. The van der Waals surface area contributed by atoms with Crippen molar-refractivity contribution < 1.29 is 19.1 Å². The standard InChI is InChI=1S/C14H25NO4/c1-3-19-13(16)11-15(9-10-18-2)14(17)12-7-5-4-6-8-12/h12H,3-11H2,1-2H3. The molecule has 0 aliphatic heterocycles. The molecule has 5 nitrogen and oxygen atoms in total. The van der Waals surface area contributed by atoms with E-state index in [1.165, 1.54) is 6.42 Å². The summed E-state index contributed by atoms with van der Waals surface area (Å²) in [6.07, 6.45) is 5.29. The Morgan fingerprint density at radius 1 is 1.21 bits per heavy atom. The predicted octanol–water partition coefficient (Wildman–Crippen LogP) is 1.60. The van der Waals surface area contributed by atoms with E-state index in [2.05, 4.69) is 0 Å². The van der Waals surface area contributed by atoms with Crippen LogP contribution in [0.15, 0.2) is 0 Å². The van der Waals surface area contributed by atoms with Crippen LogP contribution in [-0.4, -0.2) is 50.2 Å². The smallest absolute Gasteiger partial charge is 0.325 e. The molecule has 0 radical (unpaired) electrons. The second-order valence-corrected chi connectivity index (χ2v) is 4.89. The predicted molar refractivity (Wildman–Crippen MR) is 71.7 cm³/mol. The van der Waals surface area contributed by atoms with E-state index in [1.807, 2.05) is 0 Å². The zero-order valence-corrected chi connectivity index (χ0v) is 12.0. The van der Waals surface area contributed by atoms with Gasteiger partial charge in [0.25, 0.3) is 0 Å². The Hall–Kier alpha value is -1.10. The van der Waals surface area contributed by atoms with Crippen LogP contribution >= 0.6 is 0 Å². The minimum atomic E-state index is -0.345. The highest BCUT2D eigenvalue weighted by molar-refractivity contribution is 5.83. The Morgan fingerprint density at radius 3 is 2.47 bits per heavy atom. The lowest BCUT2D eigenvalue weighted by molar-refractivity contribution is -0.151. The van der Waals surface area contributed by atoms with Gasteiger partial charge in [-0.2, -0.15) is 0 Å². The molecule has 0 aromatic heterocycles. The molecule has 0 N–H and O–H groups in total. The van der Waals surface area contributed by atoms with E-state index in [0.29, 0.717) is 19.8 Å². The molecule has 0 bridgehead atoms. The molecule has 0 atom stereocenters. The summed E-state index contributed by atoms with van der Waals surface area (Å²) in [5.74, 6) is -0.201. The monoisotopic (exact) mass is 271 g/mol. The number of esters is 1. The SMILES string of the molecule is CCOC(=O)CN(CCOC)C(=O)C1CCCCC1. The van der Waals surface area contributed by atoms with Gasteiger partial charge in [0.1, 0.15) is 6.54 Å². The highest BCUT2D eigenvalue weighted by Crippen LogP contribution is 2.25. The molecule has 1 rings (SSSR count). The first-order valence-corrected chi connectivity index (χ1v) is 7.12. The van der Waals surface area contributed by atoms with Crippen molar-refractivity contribution in [2.75, 3.05) is 33.4 Å². The summed E-state index contributed by atoms with van der Waals surface area (Å²) in [6, 6.07) is 0. The van der Waals surface area contributed by atoms with Crippen molar-refractivity contribution in [3.8, 4) is 0 Å². The van der Waals surface area contributed by atoms with Gasteiger partial charge in [0.15, 0.2) is 0 Å². The Balaban J connectivity index is 2.55. The largest absolute Gasteiger partial charge is 0.465 e. The van der Waals surface area contributed by atoms with E-state index in [1.54, 1.807) is 18.9 Å². The number of amides is 1. The van der Waals surface area contributed by atoms with E-state index in [9.17, 15) is 9.59 Å². The molecule has 1 aliphatic carbocycles. The number of rotatable bonds is 7. The number of nitrogens with zero attached hydrogens (tertiary/aromatic N) is 1. The van der Waals surface area contributed by atoms with Crippen molar-refractivity contribution in [3.63, 3.8) is 0 Å². The fourth-order valence-corrected chi connectivity index (χ4v) is 2.44. The molecular weight excluding hydrogens is 246 g/mol. The molecular formula is C14H25NO4. The molecule has 1 saturated carbocycles. The first-order chi connectivity index (χ1) is 9.19. The molecule has 0 aromatic rings. The molecule has 110 valence electrons. The summed E-state index contributed by atoms with van der Waals surface area (Å²) in [6.45, 7) is 3.03. The van der Waals surface area contributed by atoms with Gasteiger partial charge in [0, 0.05) is 19.6 Å². The molecule has 19 heavy (non-hydrogen) atoms. The number of ether oxygens (including phenoxy) is 2. The van der Waals surface area contributed by atoms with Crippen molar-refractivity contribution >= 4 is 11.9 Å². The molecule has 0 heterocycles. The van der Waals surface area contributed by atoms with Gasteiger partial charge >= 0.3 is 5.97 Å². The lowest BCUT2D eigenvalue weighted by atomic mass is 9.88. The van der Waals surface area contributed by atoms with Crippen molar-refractivity contribution in [2.45, 2.75) is 39.0 Å². The van der Waals surface area contributed by atoms with Gasteiger partial charge in [-0.05, 0) is 19.8 Å². The molecule has 0 saturated heterocycles. The van der Waals surface area contributed by atoms with Crippen LogP contribution in [0, 0.1) is 5.92 Å². The molecule has 0 unspecified atom stereocenters. The van der Waals surface area contributed by atoms with Gasteiger partial charge in [-0.15, -0.1) is 0 Å². The van der Waals surface area contributed by atoms with E-state index in [-0.39, 0.29) is 24.3 Å². The van der Waals surface area contributed by atoms with Crippen molar-refractivity contribution in [3.05, 3.63) is 0 Å². The van der Waals surface area contributed by atoms with Gasteiger partial charge in [0.05, 0.1) is 13.2 Å². The van der Waals surface area contributed by atoms with E-state index >= 15 is 0 Å². The van der Waals surface area contributed by atoms with E-state index in [0.717, 1.165) is 25.7 Å². The van der Waals surface area contributed by atoms with E-state index < -0.39 is 0 Å². The minimum absolute atomic E-state index is 0.0343. The van der Waals surface area contributed by atoms with Crippen molar-refractivity contribution in [1.82, 2.24) is 4.90 Å². The normalized spacial score (nSPS) is 16.1. The third-order valence-corrected chi connectivity index (χ3v) is 3.46. The van der Waals surface area contributed by atoms with Crippen LogP contribution in [0.2, 0.25) is 0 Å². The molecule has 1 fully saturated rings. The number of hydrogen-bond acceptors (Lipinski definition) is 4. The van der Waals surface area contributed by atoms with Gasteiger partial charge in [0.2, 0.25) is 5.91 Å². The van der Waals surface area contributed by atoms with Crippen LogP contribution in [0.5, 0.6) is 0 Å². The first kappa shape index (κ1) is 16.0. The van der Waals surface area contributed by atoms with Gasteiger partial charge in [-0.1, -0.05) is 19.3 Å². The van der Waals surface area contributed by atoms with Crippen LogP contribution in [0.3, 0.4) is 0 Å². The molecule has 0 spiro atoms. The summed E-state index contributed by atoms with van der Waals surface area (Å²) in [5.41, 5.74) is 0. The third kappa shape index (κ3) is 5.59. The van der Waals surface area contributed by atoms with Gasteiger partial charge in [-0.3, -0.25) is 9.59 Å². The molecule has 0 aromatic carbocycles. The maximum Gasteiger partial charge on any atom is 0.325 e. The topological polar surface area (TPSA) is 55.8 Å². The average Bonchev–Trinajstić information content (AvgIpc) is 2.44. The average molecular weight is 271 g/mol. The lowest BCUT2D eigenvalue weighted by Gasteiger charge is -2.28. The summed E-state index contributed by atoms with van der Waals surface area (Å²) in [7, 11) is 1.59. The minimum Gasteiger partial charge on any atom is -0.465 e. The maximum atomic E-state index is 12.4. The Labute approximate surface area is 115 Å². The second kappa shape index (κ2) is 8.91. The molecule has 5 heteroatoms. The van der Waals surface area contributed by atoms with Crippen LogP contribution in [0.4, 0.5) is 0 Å². The lowest BCUT2D eigenvalue weighted by Crippen LogP contribution is -2.42. The fourth-order valence-electron chi connectivity index (χ4n) is 2.44. The van der Waals surface area contributed by atoms with E-state index in [4.69, 9.17) is 9.47 Å². The first-order valence-electron chi connectivity index (χ1n) is 7.12. The van der Waals surface area contributed by atoms with Crippen molar-refractivity contribution in [1.29, 1.82) is 0 Å².